The van der Waals surface area contributed by atoms with Crippen LogP contribution in [0, 0.1) is 0 Å². The first-order valence-corrected chi connectivity index (χ1v) is 4.65. The molecule has 2 saturated heterocycles. The maximum atomic E-state index is 11.6. The average molecular weight is 212 g/mol. The molecule has 5 amide bonds. The van der Waals surface area contributed by atoms with Gasteiger partial charge in [-0.3, -0.25) is 9.69 Å². The standard InChI is InChI=1S/C8H12N4O3/c1-10-6(13)5-4-11(7(9)14)2-3-12(5)8(10)15/h5H,2-4H2,1H3,(H2,9,14). The topological polar surface area (TPSA) is 87.0 Å². The lowest BCUT2D eigenvalue weighted by molar-refractivity contribution is -0.128. The molecule has 15 heavy (non-hydrogen) atoms. The maximum Gasteiger partial charge on any atom is 0.327 e. The Morgan fingerprint density at radius 3 is 2.67 bits per heavy atom. The molecule has 0 saturated carbocycles. The monoisotopic (exact) mass is 212 g/mol. The van der Waals surface area contributed by atoms with E-state index in [1.165, 1.54) is 16.8 Å². The van der Waals surface area contributed by atoms with Crippen molar-refractivity contribution in [2.24, 2.45) is 5.73 Å². The summed E-state index contributed by atoms with van der Waals surface area (Å²) in [5.74, 6) is -0.272. The Labute approximate surface area is 86.4 Å². The van der Waals surface area contributed by atoms with E-state index in [2.05, 4.69) is 0 Å². The van der Waals surface area contributed by atoms with E-state index in [1.54, 1.807) is 0 Å². The number of fused-ring (bicyclic) bond motifs is 1. The fraction of sp³-hybridized carbons (Fsp3) is 0.625. The number of primary amides is 1. The van der Waals surface area contributed by atoms with Crippen LogP contribution in [0.25, 0.3) is 0 Å². The van der Waals surface area contributed by atoms with E-state index in [0.29, 0.717) is 13.1 Å². The van der Waals surface area contributed by atoms with E-state index in [1.807, 2.05) is 0 Å². The van der Waals surface area contributed by atoms with Crippen molar-refractivity contribution in [1.82, 2.24) is 14.7 Å². The van der Waals surface area contributed by atoms with Gasteiger partial charge in [0.25, 0.3) is 5.91 Å². The van der Waals surface area contributed by atoms with Gasteiger partial charge in [0, 0.05) is 20.1 Å². The summed E-state index contributed by atoms with van der Waals surface area (Å²) >= 11 is 0. The highest BCUT2D eigenvalue weighted by Gasteiger charge is 2.46. The summed E-state index contributed by atoms with van der Waals surface area (Å²) in [5, 5.41) is 0. The fourth-order valence-corrected chi connectivity index (χ4v) is 1.93. The van der Waals surface area contributed by atoms with Gasteiger partial charge in [0.05, 0.1) is 6.54 Å². The third kappa shape index (κ3) is 1.31. The molecule has 7 heteroatoms. The summed E-state index contributed by atoms with van der Waals surface area (Å²) in [6, 6.07) is -1.40. The molecule has 0 aliphatic carbocycles. The van der Waals surface area contributed by atoms with E-state index in [9.17, 15) is 14.4 Å². The molecular formula is C8H12N4O3. The van der Waals surface area contributed by atoms with Crippen molar-refractivity contribution in [2.75, 3.05) is 26.7 Å². The van der Waals surface area contributed by atoms with Crippen LogP contribution in [0.5, 0.6) is 0 Å². The molecular weight excluding hydrogens is 200 g/mol. The van der Waals surface area contributed by atoms with Crippen molar-refractivity contribution in [2.45, 2.75) is 6.04 Å². The van der Waals surface area contributed by atoms with Crippen LogP contribution in [-0.2, 0) is 4.79 Å². The number of carbonyl (C=O) groups excluding carboxylic acids is 3. The normalized spacial score (nSPS) is 25.9. The van der Waals surface area contributed by atoms with Gasteiger partial charge < -0.3 is 15.5 Å². The molecule has 0 aromatic rings. The summed E-state index contributed by atoms with van der Waals surface area (Å²) in [6.45, 7) is 0.950. The second-order valence-corrected chi connectivity index (χ2v) is 3.67. The van der Waals surface area contributed by atoms with Crippen LogP contribution < -0.4 is 5.73 Å². The lowest BCUT2D eigenvalue weighted by atomic mass is 10.2. The molecule has 0 aromatic heterocycles. The molecule has 0 bridgehead atoms. The van der Waals surface area contributed by atoms with Crippen molar-refractivity contribution in [3.63, 3.8) is 0 Å². The zero-order valence-electron chi connectivity index (χ0n) is 8.34. The molecule has 2 aliphatic heterocycles. The Bertz CT molecular complexity index is 343. The number of piperazine rings is 1. The molecule has 0 aromatic carbocycles. The van der Waals surface area contributed by atoms with E-state index in [4.69, 9.17) is 5.73 Å². The third-order valence-corrected chi connectivity index (χ3v) is 2.84. The van der Waals surface area contributed by atoms with E-state index < -0.39 is 12.1 Å². The molecule has 2 rings (SSSR count). The molecule has 0 spiro atoms. The first-order chi connectivity index (χ1) is 7.02. The predicted molar refractivity (Wildman–Crippen MR) is 49.8 cm³/mol. The van der Waals surface area contributed by atoms with Crippen molar-refractivity contribution in [3.8, 4) is 0 Å². The predicted octanol–water partition coefficient (Wildman–Crippen LogP) is -1.36. The van der Waals surface area contributed by atoms with E-state index in [0.717, 1.165) is 4.90 Å². The van der Waals surface area contributed by atoms with Crippen LogP contribution in [0.4, 0.5) is 9.59 Å². The van der Waals surface area contributed by atoms with Gasteiger partial charge in [-0.1, -0.05) is 0 Å². The molecule has 2 fully saturated rings. The Morgan fingerprint density at radius 1 is 1.40 bits per heavy atom. The lowest BCUT2D eigenvalue weighted by Gasteiger charge is -2.34. The van der Waals surface area contributed by atoms with Crippen LogP contribution in [0.15, 0.2) is 0 Å². The Balaban J connectivity index is 2.18. The quantitative estimate of drug-likeness (QED) is 0.503. The van der Waals surface area contributed by atoms with Crippen molar-refractivity contribution in [3.05, 3.63) is 0 Å². The minimum absolute atomic E-state index is 0.199. The van der Waals surface area contributed by atoms with Gasteiger partial charge in [-0.25, -0.2) is 9.59 Å². The highest BCUT2D eigenvalue weighted by molar-refractivity contribution is 6.04. The van der Waals surface area contributed by atoms with Crippen LogP contribution in [-0.4, -0.2) is 65.4 Å². The number of likely N-dealkylation sites (N-methyl/N-ethyl adjacent to an activating group) is 1. The van der Waals surface area contributed by atoms with Gasteiger partial charge in [-0.15, -0.1) is 0 Å². The molecule has 0 radical (unpaired) electrons. The summed E-state index contributed by atoms with van der Waals surface area (Å²) in [4.78, 5) is 38.0. The molecule has 82 valence electrons. The summed E-state index contributed by atoms with van der Waals surface area (Å²) in [7, 11) is 1.44. The first kappa shape index (κ1) is 9.75. The number of nitrogens with zero attached hydrogens (tertiary/aromatic N) is 3. The van der Waals surface area contributed by atoms with Crippen molar-refractivity contribution in [1.29, 1.82) is 0 Å². The minimum atomic E-state index is -0.552. The second-order valence-electron chi connectivity index (χ2n) is 3.67. The third-order valence-electron chi connectivity index (χ3n) is 2.84. The second kappa shape index (κ2) is 3.11. The number of hydrogen-bond donors (Lipinski definition) is 1. The van der Waals surface area contributed by atoms with Crippen LogP contribution in [0.1, 0.15) is 0 Å². The Hall–Kier alpha value is -1.79. The summed E-state index contributed by atoms with van der Waals surface area (Å²) in [6.07, 6.45) is 0. The van der Waals surface area contributed by atoms with E-state index >= 15 is 0 Å². The van der Waals surface area contributed by atoms with Gasteiger partial charge in [-0.2, -0.15) is 0 Å². The van der Waals surface area contributed by atoms with Gasteiger partial charge >= 0.3 is 12.1 Å². The number of urea groups is 2. The smallest absolute Gasteiger partial charge is 0.327 e. The van der Waals surface area contributed by atoms with Crippen molar-refractivity contribution >= 4 is 18.0 Å². The zero-order valence-corrected chi connectivity index (χ0v) is 8.34. The highest BCUT2D eigenvalue weighted by Crippen LogP contribution is 2.20. The van der Waals surface area contributed by atoms with Gasteiger partial charge in [-0.05, 0) is 0 Å². The molecule has 2 heterocycles. The highest BCUT2D eigenvalue weighted by atomic mass is 16.2. The van der Waals surface area contributed by atoms with Gasteiger partial charge in [0.1, 0.15) is 6.04 Å². The van der Waals surface area contributed by atoms with Gasteiger partial charge in [0.15, 0.2) is 0 Å². The Kier molecular flexibility index (Phi) is 2.02. The number of hydrogen-bond acceptors (Lipinski definition) is 3. The largest absolute Gasteiger partial charge is 0.351 e. The summed E-state index contributed by atoms with van der Waals surface area (Å²) in [5.41, 5.74) is 5.12. The van der Waals surface area contributed by atoms with Gasteiger partial charge in [0.2, 0.25) is 0 Å². The average Bonchev–Trinajstić information content (AvgIpc) is 2.44. The number of carbonyl (C=O) groups is 3. The number of rotatable bonds is 0. The zero-order chi connectivity index (χ0) is 11.2. The number of amides is 5. The van der Waals surface area contributed by atoms with Crippen LogP contribution in [0.3, 0.4) is 0 Å². The number of imide groups is 1. The summed E-state index contributed by atoms with van der Waals surface area (Å²) < 4.78 is 0. The van der Waals surface area contributed by atoms with E-state index in [-0.39, 0.29) is 18.5 Å². The fourth-order valence-electron chi connectivity index (χ4n) is 1.93. The molecule has 2 aliphatic rings. The van der Waals surface area contributed by atoms with Crippen LogP contribution >= 0.6 is 0 Å². The molecule has 1 unspecified atom stereocenters. The Morgan fingerprint density at radius 2 is 2.07 bits per heavy atom. The number of nitrogens with two attached hydrogens (primary N) is 1. The van der Waals surface area contributed by atoms with Crippen LogP contribution in [0.2, 0.25) is 0 Å². The SMILES string of the molecule is CN1C(=O)C2CN(C(N)=O)CCN2C1=O. The minimum Gasteiger partial charge on any atom is -0.351 e. The first-order valence-electron chi connectivity index (χ1n) is 4.65. The lowest BCUT2D eigenvalue weighted by Crippen LogP contribution is -2.55. The molecule has 2 N–H and O–H groups in total. The molecule has 1 atom stereocenters. The van der Waals surface area contributed by atoms with Crippen molar-refractivity contribution < 1.29 is 14.4 Å². The molecule has 7 nitrogen and oxygen atoms in total. The maximum absolute atomic E-state index is 11.6.